The molecule has 0 N–H and O–H groups in total. The summed E-state index contributed by atoms with van der Waals surface area (Å²) in [4.78, 5) is 38.2. The number of esters is 3. The number of unbranched alkanes of at least 4 members (excludes halogenated alkanes) is 13. The van der Waals surface area contributed by atoms with Gasteiger partial charge in [0, 0.05) is 19.3 Å². The highest BCUT2D eigenvalue weighted by molar-refractivity contribution is 5.71. The van der Waals surface area contributed by atoms with E-state index >= 15 is 0 Å². The van der Waals surface area contributed by atoms with Crippen LogP contribution >= 0.6 is 0 Å². The molecule has 0 spiro atoms. The van der Waals surface area contributed by atoms with Crippen molar-refractivity contribution in [1.82, 2.24) is 0 Å². The van der Waals surface area contributed by atoms with Gasteiger partial charge in [0.25, 0.3) is 0 Å². The summed E-state index contributed by atoms with van der Waals surface area (Å²) in [5.74, 6) is -1.08. The van der Waals surface area contributed by atoms with Gasteiger partial charge in [-0.3, -0.25) is 14.4 Å². The molecule has 0 heterocycles. The molecule has 0 unspecified atom stereocenters. The molecule has 0 aliphatic rings. The molecular weight excluding hydrogens is 901 g/mol. The first-order chi connectivity index (χ1) is 36.0. The van der Waals surface area contributed by atoms with Crippen LogP contribution in [0.15, 0.2) is 158 Å². The second kappa shape index (κ2) is 59.6. The minimum atomic E-state index is -0.843. The summed E-state index contributed by atoms with van der Waals surface area (Å²) in [5.41, 5.74) is 0. The van der Waals surface area contributed by atoms with Crippen molar-refractivity contribution in [2.24, 2.45) is 0 Å². The topological polar surface area (TPSA) is 78.9 Å². The van der Waals surface area contributed by atoms with Gasteiger partial charge in [-0.15, -0.1) is 0 Å². The summed E-state index contributed by atoms with van der Waals surface area (Å²) in [6, 6.07) is 0. The highest BCUT2D eigenvalue weighted by Gasteiger charge is 2.19. The number of ether oxygens (including phenoxy) is 3. The Morgan fingerprint density at radius 2 is 0.562 bits per heavy atom. The van der Waals surface area contributed by atoms with Gasteiger partial charge in [-0.1, -0.05) is 224 Å². The van der Waals surface area contributed by atoms with Crippen LogP contribution in [0.25, 0.3) is 0 Å². The number of rotatable bonds is 50. The normalized spacial score (nSPS) is 13.3. The molecule has 0 saturated carbocycles. The summed E-state index contributed by atoms with van der Waals surface area (Å²) < 4.78 is 16.8. The zero-order chi connectivity index (χ0) is 52.9. The lowest BCUT2D eigenvalue weighted by atomic mass is 10.1. The predicted molar refractivity (Wildman–Crippen MR) is 315 cm³/mol. The van der Waals surface area contributed by atoms with Crippen molar-refractivity contribution in [2.45, 2.75) is 232 Å². The Labute approximate surface area is 448 Å². The summed E-state index contributed by atoms with van der Waals surface area (Å²) in [7, 11) is 0. The van der Waals surface area contributed by atoms with Crippen molar-refractivity contribution < 1.29 is 28.6 Å². The Hall–Kier alpha value is -4.97. The highest BCUT2D eigenvalue weighted by atomic mass is 16.6. The number of allylic oxidation sites excluding steroid dienone is 26. The molecular formula is C67H104O6. The minimum Gasteiger partial charge on any atom is -0.462 e. The highest BCUT2D eigenvalue weighted by Crippen LogP contribution is 2.11. The molecule has 0 radical (unpaired) electrons. The molecule has 0 saturated heterocycles. The molecule has 1 atom stereocenters. The lowest BCUT2D eigenvalue weighted by Crippen LogP contribution is -2.30. The van der Waals surface area contributed by atoms with E-state index in [1.807, 2.05) is 12.2 Å². The van der Waals surface area contributed by atoms with Crippen molar-refractivity contribution in [3.05, 3.63) is 158 Å². The maximum Gasteiger partial charge on any atom is 0.306 e. The third kappa shape index (κ3) is 57.8. The van der Waals surface area contributed by atoms with E-state index in [0.717, 1.165) is 122 Å². The van der Waals surface area contributed by atoms with Gasteiger partial charge in [-0.05, 0) is 141 Å². The maximum absolute atomic E-state index is 12.9. The Morgan fingerprint density at radius 3 is 0.918 bits per heavy atom. The number of hydrogen-bond acceptors (Lipinski definition) is 6. The van der Waals surface area contributed by atoms with E-state index in [1.165, 1.54) is 51.4 Å². The second-order valence-electron chi connectivity index (χ2n) is 18.5. The Bertz CT molecular complexity index is 1670. The quantitative estimate of drug-likeness (QED) is 0.0261. The van der Waals surface area contributed by atoms with Crippen molar-refractivity contribution in [3.63, 3.8) is 0 Å². The molecule has 0 aromatic rings. The van der Waals surface area contributed by atoms with Gasteiger partial charge in [0.15, 0.2) is 6.10 Å². The van der Waals surface area contributed by atoms with Crippen molar-refractivity contribution >= 4 is 17.9 Å². The summed E-state index contributed by atoms with van der Waals surface area (Å²) in [6.45, 7) is 6.34. The van der Waals surface area contributed by atoms with Crippen LogP contribution in [0.1, 0.15) is 226 Å². The monoisotopic (exact) mass is 1000 g/mol. The molecule has 0 fully saturated rings. The third-order valence-electron chi connectivity index (χ3n) is 11.5. The average molecular weight is 1010 g/mol. The molecule has 0 aliphatic carbocycles. The third-order valence-corrected chi connectivity index (χ3v) is 11.5. The molecule has 0 aliphatic heterocycles. The summed E-state index contributed by atoms with van der Waals surface area (Å²) >= 11 is 0. The largest absolute Gasteiger partial charge is 0.462 e. The van der Waals surface area contributed by atoms with Crippen LogP contribution in [0.3, 0.4) is 0 Å². The SMILES string of the molecule is CC/C=C\C/C=C\C/C=C\C/C=C\CCCCCCC(=O)O[C@H](COC(=O)CC/C=C\C/C=C\C/C=C\C/C=C\C/C=C\CCCCC)COC(=O)CCCCC/C=C\C/C=C\C/C=C\C/C=C\CCCCC. The molecule has 6 heteroatoms. The summed E-state index contributed by atoms with van der Waals surface area (Å²) in [6.07, 6.45) is 86.7. The fourth-order valence-electron chi connectivity index (χ4n) is 7.16. The van der Waals surface area contributed by atoms with Crippen LogP contribution < -0.4 is 0 Å². The smallest absolute Gasteiger partial charge is 0.306 e. The van der Waals surface area contributed by atoms with Crippen LogP contribution in [0.5, 0.6) is 0 Å². The minimum absolute atomic E-state index is 0.135. The second-order valence-corrected chi connectivity index (χ2v) is 18.5. The van der Waals surface area contributed by atoms with E-state index in [4.69, 9.17) is 14.2 Å². The lowest BCUT2D eigenvalue weighted by Gasteiger charge is -2.18. The Kier molecular flexibility index (Phi) is 55.5. The van der Waals surface area contributed by atoms with Crippen molar-refractivity contribution in [3.8, 4) is 0 Å². The van der Waals surface area contributed by atoms with Gasteiger partial charge in [0.2, 0.25) is 0 Å². The number of carbonyl (C=O) groups excluding carboxylic acids is 3. The molecule has 0 aromatic carbocycles. The molecule has 0 rings (SSSR count). The predicted octanol–water partition coefficient (Wildman–Crippen LogP) is 19.8. The van der Waals surface area contributed by atoms with E-state index in [1.54, 1.807) is 0 Å². The lowest BCUT2D eigenvalue weighted by molar-refractivity contribution is -0.166. The number of hydrogen-bond donors (Lipinski definition) is 0. The van der Waals surface area contributed by atoms with Crippen LogP contribution in [-0.4, -0.2) is 37.2 Å². The van der Waals surface area contributed by atoms with Crippen molar-refractivity contribution in [2.75, 3.05) is 13.2 Å². The van der Waals surface area contributed by atoms with Crippen LogP contribution in [0, 0.1) is 0 Å². The van der Waals surface area contributed by atoms with Gasteiger partial charge in [-0.2, -0.15) is 0 Å². The molecule has 0 aromatic heterocycles. The zero-order valence-corrected chi connectivity index (χ0v) is 46.6. The maximum atomic E-state index is 12.9. The van der Waals surface area contributed by atoms with Gasteiger partial charge >= 0.3 is 17.9 Å². The first-order valence-corrected chi connectivity index (χ1v) is 29.0. The molecule has 73 heavy (non-hydrogen) atoms. The Morgan fingerprint density at radius 1 is 0.288 bits per heavy atom. The van der Waals surface area contributed by atoms with Gasteiger partial charge in [0.05, 0.1) is 0 Å². The van der Waals surface area contributed by atoms with E-state index < -0.39 is 6.10 Å². The average Bonchev–Trinajstić information content (AvgIpc) is 3.39. The summed E-state index contributed by atoms with van der Waals surface area (Å²) in [5, 5.41) is 0. The van der Waals surface area contributed by atoms with Crippen LogP contribution in [0.2, 0.25) is 0 Å². The van der Waals surface area contributed by atoms with E-state index in [9.17, 15) is 14.4 Å². The van der Waals surface area contributed by atoms with E-state index in [-0.39, 0.29) is 44.0 Å². The Balaban J connectivity index is 4.63. The molecule has 0 amide bonds. The molecule has 6 nitrogen and oxygen atoms in total. The van der Waals surface area contributed by atoms with Gasteiger partial charge in [-0.25, -0.2) is 0 Å². The van der Waals surface area contributed by atoms with E-state index in [0.29, 0.717) is 19.3 Å². The standard InChI is InChI=1S/C67H104O6/c1-4-7-10-13-16-19-22-25-28-31-33-36-38-41-44-47-50-53-56-59-65(68)71-62-64(73-67(70)61-58-55-52-49-46-43-40-35-30-27-24-21-18-15-12-9-6-3)63-72-66(69)60-57-54-51-48-45-42-39-37-34-32-29-26-23-20-17-14-11-8-5-2/h9,12,16-21,25-30,33-34,36-37,40-45,50,53,64H,4-8,10-11,13-15,22-24,31-32,35,38-39,46-49,51-52,54-63H2,1-3H3/b12-9-,19-16-,20-17-,21-18-,28-25-,29-26-,30-27-,36-33-,37-34-,43-40-,44-41-,45-42-,53-50-/t64-/m1/s1. The first-order valence-electron chi connectivity index (χ1n) is 29.0. The first kappa shape index (κ1) is 68.0. The van der Waals surface area contributed by atoms with Gasteiger partial charge < -0.3 is 14.2 Å². The van der Waals surface area contributed by atoms with Crippen molar-refractivity contribution in [1.29, 1.82) is 0 Å². The number of carbonyl (C=O) groups is 3. The zero-order valence-electron chi connectivity index (χ0n) is 46.6. The fourth-order valence-corrected chi connectivity index (χ4v) is 7.16. The van der Waals surface area contributed by atoms with Gasteiger partial charge in [0.1, 0.15) is 13.2 Å². The van der Waals surface area contributed by atoms with Crippen LogP contribution in [-0.2, 0) is 28.6 Å². The van der Waals surface area contributed by atoms with Crippen LogP contribution in [0.4, 0.5) is 0 Å². The van der Waals surface area contributed by atoms with E-state index in [2.05, 4.69) is 167 Å². The fraction of sp³-hybridized carbons (Fsp3) is 0.567. The molecule has 408 valence electrons. The molecule has 0 bridgehead atoms.